The molecule has 0 radical (unpaired) electrons. The number of ether oxygens (including phenoxy) is 1. The van der Waals surface area contributed by atoms with E-state index in [1.807, 2.05) is 12.1 Å². The molecule has 0 bridgehead atoms. The van der Waals surface area contributed by atoms with E-state index in [-0.39, 0.29) is 6.10 Å². The van der Waals surface area contributed by atoms with E-state index in [9.17, 15) is 0 Å². The third kappa shape index (κ3) is 2.53. The van der Waals surface area contributed by atoms with Gasteiger partial charge in [0.15, 0.2) is 0 Å². The SMILES string of the molecule is CC(C)C(C)Oc1ccncc1. The van der Waals surface area contributed by atoms with Crippen LogP contribution in [0.5, 0.6) is 5.75 Å². The van der Waals surface area contributed by atoms with Crippen LogP contribution < -0.4 is 4.74 Å². The van der Waals surface area contributed by atoms with Crippen LogP contribution in [0.1, 0.15) is 20.8 Å². The van der Waals surface area contributed by atoms with Gasteiger partial charge in [-0.15, -0.1) is 0 Å². The first-order valence-electron chi connectivity index (χ1n) is 4.27. The van der Waals surface area contributed by atoms with Crippen LogP contribution >= 0.6 is 0 Å². The molecule has 2 heteroatoms. The number of pyridine rings is 1. The van der Waals surface area contributed by atoms with Crippen molar-refractivity contribution in [2.45, 2.75) is 26.9 Å². The zero-order valence-electron chi connectivity index (χ0n) is 7.82. The zero-order chi connectivity index (χ0) is 8.97. The quantitative estimate of drug-likeness (QED) is 0.686. The molecule has 0 N–H and O–H groups in total. The molecule has 1 unspecified atom stereocenters. The average Bonchev–Trinajstić information content (AvgIpc) is 2.06. The molecule has 1 rings (SSSR count). The number of nitrogens with zero attached hydrogens (tertiary/aromatic N) is 1. The minimum Gasteiger partial charge on any atom is -0.490 e. The van der Waals surface area contributed by atoms with Crippen molar-refractivity contribution in [1.82, 2.24) is 4.98 Å². The van der Waals surface area contributed by atoms with Gasteiger partial charge in [0.05, 0.1) is 6.10 Å². The van der Waals surface area contributed by atoms with Crippen LogP contribution in [0, 0.1) is 5.92 Å². The highest BCUT2D eigenvalue weighted by Gasteiger charge is 2.07. The maximum atomic E-state index is 5.64. The van der Waals surface area contributed by atoms with Crippen molar-refractivity contribution >= 4 is 0 Å². The largest absolute Gasteiger partial charge is 0.490 e. The summed E-state index contributed by atoms with van der Waals surface area (Å²) >= 11 is 0. The molecule has 0 aliphatic heterocycles. The van der Waals surface area contributed by atoms with E-state index in [0.717, 1.165) is 5.75 Å². The second-order valence-electron chi connectivity index (χ2n) is 3.25. The zero-order valence-corrected chi connectivity index (χ0v) is 7.82. The van der Waals surface area contributed by atoms with Crippen LogP contribution in [0.4, 0.5) is 0 Å². The van der Waals surface area contributed by atoms with Crippen LogP contribution in [-0.4, -0.2) is 11.1 Å². The lowest BCUT2D eigenvalue weighted by atomic mass is 10.1. The van der Waals surface area contributed by atoms with Crippen LogP contribution in [0.2, 0.25) is 0 Å². The Hall–Kier alpha value is -1.05. The summed E-state index contributed by atoms with van der Waals surface area (Å²) in [7, 11) is 0. The lowest BCUT2D eigenvalue weighted by molar-refractivity contribution is 0.170. The number of rotatable bonds is 3. The molecule has 66 valence electrons. The van der Waals surface area contributed by atoms with Gasteiger partial charge in [-0.05, 0) is 25.0 Å². The van der Waals surface area contributed by atoms with E-state index in [1.54, 1.807) is 12.4 Å². The van der Waals surface area contributed by atoms with E-state index >= 15 is 0 Å². The summed E-state index contributed by atoms with van der Waals surface area (Å²) in [4.78, 5) is 3.92. The molecule has 0 aliphatic rings. The number of hydrogen-bond acceptors (Lipinski definition) is 2. The maximum absolute atomic E-state index is 5.64. The Kier molecular flexibility index (Phi) is 3.09. The molecule has 1 aromatic heterocycles. The molecule has 2 nitrogen and oxygen atoms in total. The van der Waals surface area contributed by atoms with Crippen LogP contribution in [0.25, 0.3) is 0 Å². The summed E-state index contributed by atoms with van der Waals surface area (Å²) in [6.07, 6.45) is 3.73. The van der Waals surface area contributed by atoms with Gasteiger partial charge in [0, 0.05) is 12.4 Å². The van der Waals surface area contributed by atoms with Crippen molar-refractivity contribution in [3.05, 3.63) is 24.5 Å². The standard InChI is InChI=1S/C10H15NO/c1-8(2)9(3)12-10-4-6-11-7-5-10/h4-9H,1-3H3. The topological polar surface area (TPSA) is 22.1 Å². The molecule has 0 saturated heterocycles. The Bertz CT molecular complexity index is 221. The normalized spacial score (nSPS) is 13.0. The number of hydrogen-bond donors (Lipinski definition) is 0. The second kappa shape index (κ2) is 4.10. The van der Waals surface area contributed by atoms with Gasteiger partial charge in [-0.1, -0.05) is 13.8 Å². The van der Waals surface area contributed by atoms with E-state index < -0.39 is 0 Å². The molecule has 0 aliphatic carbocycles. The second-order valence-corrected chi connectivity index (χ2v) is 3.25. The Balaban J connectivity index is 2.53. The Labute approximate surface area is 73.6 Å². The van der Waals surface area contributed by atoms with Gasteiger partial charge in [-0.25, -0.2) is 0 Å². The van der Waals surface area contributed by atoms with Gasteiger partial charge in [-0.2, -0.15) is 0 Å². The summed E-state index contributed by atoms with van der Waals surface area (Å²) < 4.78 is 5.64. The van der Waals surface area contributed by atoms with Crippen LogP contribution in [-0.2, 0) is 0 Å². The highest BCUT2D eigenvalue weighted by Crippen LogP contribution is 2.13. The van der Waals surface area contributed by atoms with E-state index in [0.29, 0.717) is 5.92 Å². The molecule has 1 aromatic rings. The van der Waals surface area contributed by atoms with E-state index in [2.05, 4.69) is 25.8 Å². The first-order valence-corrected chi connectivity index (χ1v) is 4.27. The van der Waals surface area contributed by atoms with Gasteiger partial charge in [0.2, 0.25) is 0 Å². The van der Waals surface area contributed by atoms with Crippen LogP contribution in [0.15, 0.2) is 24.5 Å². The summed E-state index contributed by atoms with van der Waals surface area (Å²) in [6.45, 7) is 6.36. The predicted molar refractivity (Wildman–Crippen MR) is 49.2 cm³/mol. The van der Waals surface area contributed by atoms with Gasteiger partial charge in [-0.3, -0.25) is 4.98 Å². The maximum Gasteiger partial charge on any atom is 0.122 e. The lowest BCUT2D eigenvalue weighted by Gasteiger charge is -2.17. The van der Waals surface area contributed by atoms with Gasteiger partial charge in [0.25, 0.3) is 0 Å². The van der Waals surface area contributed by atoms with Gasteiger partial charge >= 0.3 is 0 Å². The first kappa shape index (κ1) is 9.04. The molecule has 12 heavy (non-hydrogen) atoms. The van der Waals surface area contributed by atoms with Crippen molar-refractivity contribution in [2.75, 3.05) is 0 Å². The fraction of sp³-hybridized carbons (Fsp3) is 0.500. The molecule has 1 heterocycles. The third-order valence-corrected chi connectivity index (χ3v) is 1.91. The Morgan fingerprint density at radius 1 is 1.17 bits per heavy atom. The van der Waals surface area contributed by atoms with Crippen molar-refractivity contribution in [3.8, 4) is 5.75 Å². The molecular formula is C10H15NO. The Morgan fingerprint density at radius 3 is 2.25 bits per heavy atom. The molecule has 0 aromatic carbocycles. The predicted octanol–water partition coefficient (Wildman–Crippen LogP) is 2.50. The minimum absolute atomic E-state index is 0.257. The van der Waals surface area contributed by atoms with Crippen LogP contribution in [0.3, 0.4) is 0 Å². The van der Waals surface area contributed by atoms with Crippen molar-refractivity contribution in [1.29, 1.82) is 0 Å². The molecule has 0 fully saturated rings. The van der Waals surface area contributed by atoms with E-state index in [4.69, 9.17) is 4.74 Å². The van der Waals surface area contributed by atoms with Gasteiger partial charge in [0.1, 0.15) is 5.75 Å². The third-order valence-electron chi connectivity index (χ3n) is 1.91. The fourth-order valence-electron chi connectivity index (χ4n) is 0.768. The monoisotopic (exact) mass is 165 g/mol. The van der Waals surface area contributed by atoms with Crippen molar-refractivity contribution in [2.24, 2.45) is 5.92 Å². The minimum atomic E-state index is 0.257. The summed E-state index contributed by atoms with van der Waals surface area (Å²) in [5.41, 5.74) is 0. The lowest BCUT2D eigenvalue weighted by Crippen LogP contribution is -2.18. The highest BCUT2D eigenvalue weighted by atomic mass is 16.5. The number of aromatic nitrogens is 1. The molecule has 1 atom stereocenters. The first-order chi connectivity index (χ1) is 5.70. The molecule has 0 spiro atoms. The average molecular weight is 165 g/mol. The highest BCUT2D eigenvalue weighted by molar-refractivity contribution is 5.17. The summed E-state index contributed by atoms with van der Waals surface area (Å²) in [5, 5.41) is 0. The molecule has 0 amide bonds. The van der Waals surface area contributed by atoms with E-state index in [1.165, 1.54) is 0 Å². The smallest absolute Gasteiger partial charge is 0.122 e. The summed E-state index contributed by atoms with van der Waals surface area (Å²) in [5.74, 6) is 1.43. The molecule has 0 saturated carbocycles. The summed E-state index contributed by atoms with van der Waals surface area (Å²) in [6, 6.07) is 3.75. The van der Waals surface area contributed by atoms with Gasteiger partial charge < -0.3 is 4.74 Å². The Morgan fingerprint density at radius 2 is 1.75 bits per heavy atom. The van der Waals surface area contributed by atoms with Crippen molar-refractivity contribution in [3.63, 3.8) is 0 Å². The molecular weight excluding hydrogens is 150 g/mol. The fourth-order valence-corrected chi connectivity index (χ4v) is 0.768. The van der Waals surface area contributed by atoms with Crippen molar-refractivity contribution < 1.29 is 4.74 Å².